The lowest BCUT2D eigenvalue weighted by Gasteiger charge is -2.08. The molecule has 0 fully saturated rings. The average molecular weight is 205 g/mol. The van der Waals surface area contributed by atoms with Crippen molar-refractivity contribution in [1.82, 2.24) is 19.1 Å². The molecule has 0 amide bonds. The zero-order valence-electron chi connectivity index (χ0n) is 8.80. The minimum Gasteiger partial charge on any atom is -0.333 e. The van der Waals surface area contributed by atoms with Crippen LogP contribution in [0, 0.1) is 0 Å². The molecule has 0 saturated carbocycles. The summed E-state index contributed by atoms with van der Waals surface area (Å²) in [6.07, 6.45) is 7.43. The quantitative estimate of drug-likeness (QED) is 0.795. The molecule has 0 atom stereocenters. The first kappa shape index (κ1) is 9.92. The molecule has 0 bridgehead atoms. The van der Waals surface area contributed by atoms with Gasteiger partial charge in [0.1, 0.15) is 5.82 Å². The predicted molar refractivity (Wildman–Crippen MR) is 57.1 cm³/mol. The molecule has 0 saturated heterocycles. The van der Waals surface area contributed by atoms with Crippen LogP contribution in [0.1, 0.15) is 18.4 Å². The molecule has 80 valence electrons. The van der Waals surface area contributed by atoms with Crippen LogP contribution in [0.15, 0.2) is 24.9 Å². The summed E-state index contributed by atoms with van der Waals surface area (Å²) in [7, 11) is 0. The van der Waals surface area contributed by atoms with Crippen molar-refractivity contribution in [2.45, 2.75) is 26.6 Å². The third-order valence-corrected chi connectivity index (χ3v) is 2.46. The van der Waals surface area contributed by atoms with E-state index >= 15 is 0 Å². The van der Waals surface area contributed by atoms with Gasteiger partial charge in [0.05, 0.1) is 25.1 Å². The van der Waals surface area contributed by atoms with Crippen molar-refractivity contribution >= 4 is 0 Å². The van der Waals surface area contributed by atoms with Gasteiger partial charge in [-0.2, -0.15) is 0 Å². The Morgan fingerprint density at radius 2 is 2.27 bits per heavy atom. The maximum absolute atomic E-state index is 5.59. The minimum atomic E-state index is 0.466. The SMILES string of the molecule is CCn1cncc1Cn1ccnc1CN. The Morgan fingerprint density at radius 1 is 1.40 bits per heavy atom. The van der Waals surface area contributed by atoms with E-state index in [4.69, 9.17) is 5.73 Å². The van der Waals surface area contributed by atoms with E-state index in [2.05, 4.69) is 21.5 Å². The summed E-state index contributed by atoms with van der Waals surface area (Å²) in [5.41, 5.74) is 6.76. The van der Waals surface area contributed by atoms with E-state index in [1.165, 1.54) is 5.69 Å². The van der Waals surface area contributed by atoms with Crippen LogP contribution in [0.25, 0.3) is 0 Å². The molecule has 0 aliphatic carbocycles. The highest BCUT2D eigenvalue weighted by Gasteiger charge is 2.04. The molecule has 5 nitrogen and oxygen atoms in total. The van der Waals surface area contributed by atoms with Gasteiger partial charge in [0.25, 0.3) is 0 Å². The Kier molecular flexibility index (Phi) is 2.82. The number of nitrogens with zero attached hydrogens (tertiary/aromatic N) is 4. The van der Waals surface area contributed by atoms with E-state index in [9.17, 15) is 0 Å². The minimum absolute atomic E-state index is 0.466. The predicted octanol–water partition coefficient (Wildman–Crippen LogP) is 0.606. The highest BCUT2D eigenvalue weighted by Crippen LogP contribution is 2.05. The van der Waals surface area contributed by atoms with Crippen LogP contribution in [-0.4, -0.2) is 19.1 Å². The molecule has 0 radical (unpaired) electrons. The van der Waals surface area contributed by atoms with Crippen molar-refractivity contribution in [3.63, 3.8) is 0 Å². The zero-order chi connectivity index (χ0) is 10.7. The molecular weight excluding hydrogens is 190 g/mol. The van der Waals surface area contributed by atoms with Crippen LogP contribution >= 0.6 is 0 Å². The largest absolute Gasteiger partial charge is 0.333 e. The summed E-state index contributed by atoms with van der Waals surface area (Å²) >= 11 is 0. The van der Waals surface area contributed by atoms with Gasteiger partial charge in [0.15, 0.2) is 0 Å². The number of hydrogen-bond donors (Lipinski definition) is 1. The van der Waals surface area contributed by atoms with E-state index in [1.54, 1.807) is 6.20 Å². The van der Waals surface area contributed by atoms with E-state index in [1.807, 2.05) is 23.3 Å². The van der Waals surface area contributed by atoms with Crippen molar-refractivity contribution < 1.29 is 0 Å². The van der Waals surface area contributed by atoms with Crippen LogP contribution in [0.3, 0.4) is 0 Å². The smallest absolute Gasteiger partial charge is 0.122 e. The molecule has 5 heteroatoms. The van der Waals surface area contributed by atoms with Gasteiger partial charge in [-0.1, -0.05) is 0 Å². The fraction of sp³-hybridized carbons (Fsp3) is 0.400. The number of hydrogen-bond acceptors (Lipinski definition) is 3. The first-order valence-electron chi connectivity index (χ1n) is 5.04. The van der Waals surface area contributed by atoms with Crippen molar-refractivity contribution in [2.75, 3.05) is 0 Å². The molecule has 15 heavy (non-hydrogen) atoms. The van der Waals surface area contributed by atoms with E-state index in [-0.39, 0.29) is 0 Å². The molecule has 0 unspecified atom stereocenters. The van der Waals surface area contributed by atoms with E-state index in [0.29, 0.717) is 6.54 Å². The van der Waals surface area contributed by atoms with Crippen LogP contribution in [0.4, 0.5) is 0 Å². The molecule has 0 aromatic carbocycles. The van der Waals surface area contributed by atoms with Gasteiger partial charge in [-0.25, -0.2) is 9.97 Å². The second-order valence-corrected chi connectivity index (χ2v) is 3.35. The molecule has 2 aromatic heterocycles. The van der Waals surface area contributed by atoms with Gasteiger partial charge >= 0.3 is 0 Å². The maximum atomic E-state index is 5.59. The summed E-state index contributed by atoms with van der Waals surface area (Å²) in [6.45, 7) is 4.28. The monoisotopic (exact) mass is 205 g/mol. The summed E-state index contributed by atoms with van der Waals surface area (Å²) in [6, 6.07) is 0. The van der Waals surface area contributed by atoms with Crippen molar-refractivity contribution in [2.24, 2.45) is 5.73 Å². The molecule has 2 heterocycles. The first-order chi connectivity index (χ1) is 7.35. The fourth-order valence-corrected chi connectivity index (χ4v) is 1.61. The van der Waals surface area contributed by atoms with Crippen LogP contribution in [0.2, 0.25) is 0 Å². The lowest BCUT2D eigenvalue weighted by Crippen LogP contribution is -2.11. The van der Waals surface area contributed by atoms with Crippen molar-refractivity contribution in [3.05, 3.63) is 36.4 Å². The van der Waals surface area contributed by atoms with Crippen molar-refractivity contribution in [3.8, 4) is 0 Å². The lowest BCUT2D eigenvalue weighted by atomic mass is 10.4. The highest BCUT2D eigenvalue weighted by molar-refractivity contribution is 5.03. The van der Waals surface area contributed by atoms with Gasteiger partial charge < -0.3 is 14.9 Å². The van der Waals surface area contributed by atoms with E-state index in [0.717, 1.165) is 18.9 Å². The molecule has 0 aliphatic heterocycles. The summed E-state index contributed by atoms with van der Waals surface area (Å²) in [5, 5.41) is 0. The summed E-state index contributed by atoms with van der Waals surface area (Å²) in [5.74, 6) is 0.902. The number of rotatable bonds is 4. The first-order valence-corrected chi connectivity index (χ1v) is 5.04. The van der Waals surface area contributed by atoms with E-state index < -0.39 is 0 Å². The van der Waals surface area contributed by atoms with Gasteiger partial charge in [0, 0.05) is 25.1 Å². The Bertz CT molecular complexity index is 388. The number of aromatic nitrogens is 4. The highest BCUT2D eigenvalue weighted by atomic mass is 15.1. The Hall–Kier alpha value is -1.62. The van der Waals surface area contributed by atoms with Crippen molar-refractivity contribution in [1.29, 1.82) is 0 Å². The second-order valence-electron chi connectivity index (χ2n) is 3.35. The third kappa shape index (κ3) is 1.92. The normalized spacial score (nSPS) is 10.8. The van der Waals surface area contributed by atoms with Gasteiger partial charge in [-0.3, -0.25) is 0 Å². The average Bonchev–Trinajstić information content (AvgIpc) is 2.87. The van der Waals surface area contributed by atoms with Gasteiger partial charge in [-0.15, -0.1) is 0 Å². The molecule has 2 N–H and O–H groups in total. The van der Waals surface area contributed by atoms with Crippen LogP contribution < -0.4 is 5.73 Å². The lowest BCUT2D eigenvalue weighted by molar-refractivity contribution is 0.647. The number of nitrogens with two attached hydrogens (primary N) is 1. The summed E-state index contributed by atoms with van der Waals surface area (Å²) in [4.78, 5) is 8.31. The molecule has 2 rings (SSSR count). The number of imidazole rings is 2. The van der Waals surface area contributed by atoms with Crippen LogP contribution in [-0.2, 0) is 19.6 Å². The Labute approximate surface area is 88.6 Å². The van der Waals surface area contributed by atoms with Crippen LogP contribution in [0.5, 0.6) is 0 Å². The standard InChI is InChI=1S/C10H15N5/c1-2-14-8-12-6-9(14)7-15-4-3-13-10(15)5-11/h3-4,6,8H,2,5,7,11H2,1H3. The molecule has 0 aliphatic rings. The topological polar surface area (TPSA) is 61.7 Å². The molecular formula is C10H15N5. The molecule has 0 spiro atoms. The third-order valence-electron chi connectivity index (χ3n) is 2.46. The Morgan fingerprint density at radius 3 is 3.00 bits per heavy atom. The Balaban J connectivity index is 2.21. The second kappa shape index (κ2) is 4.27. The van der Waals surface area contributed by atoms with Gasteiger partial charge in [-0.05, 0) is 6.92 Å². The maximum Gasteiger partial charge on any atom is 0.122 e. The zero-order valence-corrected chi connectivity index (χ0v) is 8.80. The molecule has 2 aromatic rings. The van der Waals surface area contributed by atoms with Gasteiger partial charge in [0.2, 0.25) is 0 Å². The number of aryl methyl sites for hydroxylation is 1. The fourth-order valence-electron chi connectivity index (χ4n) is 1.61. The summed E-state index contributed by atoms with van der Waals surface area (Å²) < 4.78 is 4.16.